The lowest BCUT2D eigenvalue weighted by Gasteiger charge is -2.10. The third kappa shape index (κ3) is 5.22. The van der Waals surface area contributed by atoms with Gasteiger partial charge in [-0.05, 0) is 19.9 Å². The van der Waals surface area contributed by atoms with Crippen molar-refractivity contribution in [1.29, 1.82) is 0 Å². The fraction of sp³-hybridized carbons (Fsp3) is 0.417. The van der Waals surface area contributed by atoms with Crippen molar-refractivity contribution >= 4 is 35.0 Å². The van der Waals surface area contributed by atoms with Gasteiger partial charge in [0.15, 0.2) is 0 Å². The van der Waals surface area contributed by atoms with Crippen LogP contribution in [0, 0.1) is 0 Å². The van der Waals surface area contributed by atoms with Crippen LogP contribution in [0.2, 0.25) is 10.0 Å². The number of rotatable bonds is 5. The standard InChI is InChI=1S/C12H15Cl2N3O3/c1-7(2)20-17-10(6-16-12(18)19-3)11-9(14)4-8(13)5-15-11/h4-5,7H,6H2,1-3H3,(H,16,18). The number of oxime groups is 1. The lowest BCUT2D eigenvalue weighted by molar-refractivity contribution is 0.0856. The second-order valence-electron chi connectivity index (χ2n) is 4.02. The number of hydrogen-bond acceptors (Lipinski definition) is 5. The van der Waals surface area contributed by atoms with Gasteiger partial charge in [-0.2, -0.15) is 0 Å². The van der Waals surface area contributed by atoms with E-state index in [4.69, 9.17) is 28.0 Å². The van der Waals surface area contributed by atoms with Crippen LogP contribution in [0.5, 0.6) is 0 Å². The van der Waals surface area contributed by atoms with Crippen LogP contribution in [0.3, 0.4) is 0 Å². The van der Waals surface area contributed by atoms with Gasteiger partial charge in [-0.1, -0.05) is 28.4 Å². The zero-order chi connectivity index (χ0) is 15.1. The first-order valence-corrected chi connectivity index (χ1v) is 6.55. The molecular weight excluding hydrogens is 305 g/mol. The number of methoxy groups -OCH3 is 1. The maximum atomic E-state index is 11.1. The molecule has 1 amide bonds. The highest BCUT2D eigenvalue weighted by Gasteiger charge is 2.13. The maximum absolute atomic E-state index is 11.1. The SMILES string of the molecule is COC(=O)NCC(=NOC(C)C)c1ncc(Cl)cc1Cl. The Hall–Kier alpha value is -1.53. The van der Waals surface area contributed by atoms with E-state index in [2.05, 4.69) is 20.2 Å². The van der Waals surface area contributed by atoms with Crippen molar-refractivity contribution in [2.24, 2.45) is 5.16 Å². The van der Waals surface area contributed by atoms with Crippen LogP contribution >= 0.6 is 23.2 Å². The second-order valence-corrected chi connectivity index (χ2v) is 4.86. The zero-order valence-electron chi connectivity index (χ0n) is 11.3. The van der Waals surface area contributed by atoms with Gasteiger partial charge < -0.3 is 14.9 Å². The largest absolute Gasteiger partial charge is 0.453 e. The molecule has 0 bridgehead atoms. The zero-order valence-corrected chi connectivity index (χ0v) is 12.8. The Kier molecular flexibility index (Phi) is 6.54. The summed E-state index contributed by atoms with van der Waals surface area (Å²) < 4.78 is 4.49. The van der Waals surface area contributed by atoms with E-state index < -0.39 is 6.09 Å². The summed E-state index contributed by atoms with van der Waals surface area (Å²) in [7, 11) is 1.27. The number of alkyl carbamates (subject to hydrolysis) is 1. The average molecular weight is 320 g/mol. The molecular formula is C12H15Cl2N3O3. The molecule has 0 fully saturated rings. The Balaban J connectivity index is 2.97. The van der Waals surface area contributed by atoms with Crippen molar-refractivity contribution in [3.63, 3.8) is 0 Å². The first-order chi connectivity index (χ1) is 9.43. The number of hydrogen-bond donors (Lipinski definition) is 1. The highest BCUT2D eigenvalue weighted by Crippen LogP contribution is 2.19. The first kappa shape index (κ1) is 16.5. The minimum atomic E-state index is -0.590. The topological polar surface area (TPSA) is 72.8 Å². The summed E-state index contributed by atoms with van der Waals surface area (Å²) in [6.07, 6.45) is 0.729. The first-order valence-electron chi connectivity index (χ1n) is 5.80. The number of halogens is 2. The highest BCUT2D eigenvalue weighted by molar-refractivity contribution is 6.36. The second kappa shape index (κ2) is 7.91. The van der Waals surface area contributed by atoms with E-state index >= 15 is 0 Å². The van der Waals surface area contributed by atoms with Crippen molar-refractivity contribution in [2.45, 2.75) is 20.0 Å². The number of aromatic nitrogens is 1. The number of pyridine rings is 1. The van der Waals surface area contributed by atoms with Gasteiger partial charge in [0, 0.05) is 6.20 Å². The predicted octanol–water partition coefficient (Wildman–Crippen LogP) is 2.87. The number of amides is 1. The van der Waals surface area contributed by atoms with Gasteiger partial charge in [0.1, 0.15) is 17.5 Å². The molecule has 0 radical (unpaired) electrons. The molecule has 0 unspecified atom stereocenters. The third-order valence-electron chi connectivity index (χ3n) is 2.04. The van der Waals surface area contributed by atoms with Crippen LogP contribution in [0.1, 0.15) is 19.5 Å². The van der Waals surface area contributed by atoms with E-state index in [1.54, 1.807) is 0 Å². The number of nitrogens with one attached hydrogen (secondary N) is 1. The smallest absolute Gasteiger partial charge is 0.407 e. The summed E-state index contributed by atoms with van der Waals surface area (Å²) in [6, 6.07) is 1.54. The molecule has 1 aromatic heterocycles. The van der Waals surface area contributed by atoms with Gasteiger partial charge in [-0.15, -0.1) is 0 Å². The molecule has 6 nitrogen and oxygen atoms in total. The van der Waals surface area contributed by atoms with E-state index in [-0.39, 0.29) is 12.6 Å². The van der Waals surface area contributed by atoms with E-state index in [0.29, 0.717) is 21.5 Å². The molecule has 0 saturated heterocycles. The average Bonchev–Trinajstić information content (AvgIpc) is 2.39. The molecule has 0 saturated carbocycles. The molecule has 8 heteroatoms. The highest BCUT2D eigenvalue weighted by atomic mass is 35.5. The Bertz CT molecular complexity index is 507. The summed E-state index contributed by atoms with van der Waals surface area (Å²) in [5.74, 6) is 0. The summed E-state index contributed by atoms with van der Waals surface area (Å²) in [5.41, 5.74) is 0.749. The summed E-state index contributed by atoms with van der Waals surface area (Å²) in [6.45, 7) is 3.71. The van der Waals surface area contributed by atoms with Gasteiger partial charge in [0.25, 0.3) is 0 Å². The molecule has 1 N–H and O–H groups in total. The molecule has 0 spiro atoms. The lowest BCUT2D eigenvalue weighted by Crippen LogP contribution is -2.30. The third-order valence-corrected chi connectivity index (χ3v) is 2.54. The molecule has 1 heterocycles. The minimum Gasteiger partial charge on any atom is -0.453 e. The van der Waals surface area contributed by atoms with E-state index in [9.17, 15) is 4.79 Å². The molecule has 0 aromatic carbocycles. The molecule has 0 aliphatic rings. The molecule has 110 valence electrons. The summed E-state index contributed by atoms with van der Waals surface area (Å²) >= 11 is 11.9. The van der Waals surface area contributed by atoms with Crippen molar-refractivity contribution in [2.75, 3.05) is 13.7 Å². The quantitative estimate of drug-likeness (QED) is 0.669. The van der Waals surface area contributed by atoms with Gasteiger partial charge in [0.05, 0.1) is 23.7 Å². The van der Waals surface area contributed by atoms with Crippen LogP contribution < -0.4 is 5.32 Å². The molecule has 20 heavy (non-hydrogen) atoms. The predicted molar refractivity (Wildman–Crippen MR) is 77.4 cm³/mol. The lowest BCUT2D eigenvalue weighted by atomic mass is 10.2. The van der Waals surface area contributed by atoms with Crippen molar-refractivity contribution in [3.8, 4) is 0 Å². The fourth-order valence-electron chi connectivity index (χ4n) is 1.18. The Morgan fingerprint density at radius 2 is 2.20 bits per heavy atom. The normalized spacial score (nSPS) is 11.4. The minimum absolute atomic E-state index is 0.0632. The Morgan fingerprint density at radius 3 is 2.75 bits per heavy atom. The van der Waals surface area contributed by atoms with Crippen LogP contribution in [-0.4, -0.2) is 36.5 Å². The summed E-state index contributed by atoms with van der Waals surface area (Å²) in [5, 5.41) is 7.16. The number of ether oxygens (including phenoxy) is 1. The molecule has 0 atom stereocenters. The van der Waals surface area contributed by atoms with Crippen molar-refractivity contribution < 1.29 is 14.4 Å². The summed E-state index contributed by atoms with van der Waals surface area (Å²) in [4.78, 5) is 20.4. The van der Waals surface area contributed by atoms with Crippen LogP contribution in [0.15, 0.2) is 17.4 Å². The number of nitrogens with zero attached hydrogens (tertiary/aromatic N) is 2. The van der Waals surface area contributed by atoms with Gasteiger partial charge in [-0.25, -0.2) is 4.79 Å². The molecule has 0 aliphatic heterocycles. The van der Waals surface area contributed by atoms with Crippen molar-refractivity contribution in [1.82, 2.24) is 10.3 Å². The number of carbonyl (C=O) groups excluding carboxylic acids is 1. The molecule has 0 aliphatic carbocycles. The monoisotopic (exact) mass is 319 g/mol. The van der Waals surface area contributed by atoms with Crippen LogP contribution in [0.4, 0.5) is 4.79 Å². The fourth-order valence-corrected chi connectivity index (χ4v) is 1.67. The molecule has 1 rings (SSSR count). The van der Waals surface area contributed by atoms with Gasteiger partial charge in [0.2, 0.25) is 0 Å². The van der Waals surface area contributed by atoms with Crippen LogP contribution in [-0.2, 0) is 9.57 Å². The van der Waals surface area contributed by atoms with E-state index in [1.807, 2.05) is 13.8 Å². The van der Waals surface area contributed by atoms with E-state index in [1.165, 1.54) is 19.4 Å². The van der Waals surface area contributed by atoms with Gasteiger partial charge >= 0.3 is 6.09 Å². The van der Waals surface area contributed by atoms with E-state index in [0.717, 1.165) is 0 Å². The number of carbonyl (C=O) groups is 1. The molecule has 1 aromatic rings. The Labute approximate surface area is 127 Å². The van der Waals surface area contributed by atoms with Crippen molar-refractivity contribution in [3.05, 3.63) is 28.0 Å². The van der Waals surface area contributed by atoms with Crippen LogP contribution in [0.25, 0.3) is 0 Å². The Morgan fingerprint density at radius 1 is 1.50 bits per heavy atom. The van der Waals surface area contributed by atoms with Gasteiger partial charge in [-0.3, -0.25) is 4.98 Å². The maximum Gasteiger partial charge on any atom is 0.407 e.